The van der Waals surface area contributed by atoms with Crippen LogP contribution in [0, 0.1) is 0 Å². The first-order chi connectivity index (χ1) is 6.79. The van der Waals surface area contributed by atoms with Gasteiger partial charge in [0.1, 0.15) is 0 Å². The molecule has 0 aromatic carbocycles. The molecule has 5 nitrogen and oxygen atoms in total. The lowest BCUT2D eigenvalue weighted by molar-refractivity contribution is 0.235. The van der Waals surface area contributed by atoms with Crippen molar-refractivity contribution in [3.05, 3.63) is 11.8 Å². The van der Waals surface area contributed by atoms with Gasteiger partial charge in [-0.1, -0.05) is 0 Å². The maximum atomic E-state index is 5.44. The Morgan fingerprint density at radius 2 is 1.94 bits per heavy atom. The Balaban J connectivity index is 0.00000112. The number of hydrogen-bond acceptors (Lipinski definition) is 5. The molecule has 16 heavy (non-hydrogen) atoms. The minimum Gasteiger partial charge on any atom is -0.424 e. The summed E-state index contributed by atoms with van der Waals surface area (Å²) < 4.78 is 5.44. The van der Waals surface area contributed by atoms with Crippen molar-refractivity contribution < 1.29 is 4.42 Å². The Hall–Kier alpha value is -0.360. The molecule has 1 aromatic heterocycles. The molecule has 1 saturated heterocycles. The van der Waals surface area contributed by atoms with E-state index in [9.17, 15) is 0 Å². The van der Waals surface area contributed by atoms with E-state index in [1.165, 1.54) is 0 Å². The van der Waals surface area contributed by atoms with Gasteiger partial charge in [0, 0.05) is 5.92 Å². The Bertz CT molecular complexity index is 299. The van der Waals surface area contributed by atoms with Gasteiger partial charge in [0.05, 0.1) is 6.54 Å². The second-order valence-corrected chi connectivity index (χ2v) is 3.82. The number of likely N-dealkylation sites (tertiary alicyclic amines) is 1. The number of nitrogens with zero attached hydrogens (tertiary/aromatic N) is 3. The third-order valence-corrected chi connectivity index (χ3v) is 2.72. The summed E-state index contributed by atoms with van der Waals surface area (Å²) >= 11 is 0. The van der Waals surface area contributed by atoms with E-state index in [1.54, 1.807) is 0 Å². The van der Waals surface area contributed by atoms with E-state index in [-0.39, 0.29) is 24.8 Å². The standard InChI is InChI=1S/C9H16N4O.2ClH/c1-13-4-2-7(3-5-13)9-12-11-8(6-10)14-9;;/h7H,2-6,10H2,1H3;2*1H. The van der Waals surface area contributed by atoms with Crippen molar-refractivity contribution in [3.8, 4) is 0 Å². The van der Waals surface area contributed by atoms with Crippen LogP contribution in [-0.2, 0) is 6.54 Å². The summed E-state index contributed by atoms with van der Waals surface area (Å²) in [7, 11) is 2.13. The summed E-state index contributed by atoms with van der Waals surface area (Å²) in [5, 5.41) is 7.89. The SMILES string of the molecule is CN1CCC(c2nnc(CN)o2)CC1.Cl.Cl. The molecule has 1 fully saturated rings. The van der Waals surface area contributed by atoms with Crippen LogP contribution >= 0.6 is 24.8 Å². The monoisotopic (exact) mass is 268 g/mol. The van der Waals surface area contributed by atoms with Crippen molar-refractivity contribution in [1.82, 2.24) is 15.1 Å². The van der Waals surface area contributed by atoms with Crippen LogP contribution in [0.1, 0.15) is 30.5 Å². The smallest absolute Gasteiger partial charge is 0.230 e. The van der Waals surface area contributed by atoms with Gasteiger partial charge < -0.3 is 15.1 Å². The molecular weight excluding hydrogens is 251 g/mol. The number of nitrogens with two attached hydrogens (primary N) is 1. The fourth-order valence-electron chi connectivity index (χ4n) is 1.77. The van der Waals surface area contributed by atoms with Gasteiger partial charge in [-0.05, 0) is 33.0 Å². The average Bonchev–Trinajstić information content (AvgIpc) is 2.67. The summed E-state index contributed by atoms with van der Waals surface area (Å²) in [6, 6.07) is 0. The third-order valence-electron chi connectivity index (χ3n) is 2.72. The first-order valence-corrected chi connectivity index (χ1v) is 5.00. The predicted molar refractivity (Wildman–Crippen MR) is 66.2 cm³/mol. The van der Waals surface area contributed by atoms with Gasteiger partial charge in [-0.3, -0.25) is 0 Å². The highest BCUT2D eigenvalue weighted by atomic mass is 35.5. The Morgan fingerprint density at radius 1 is 1.31 bits per heavy atom. The molecule has 2 rings (SSSR count). The molecule has 0 unspecified atom stereocenters. The molecule has 1 aliphatic heterocycles. The van der Waals surface area contributed by atoms with Crippen molar-refractivity contribution in [2.24, 2.45) is 5.73 Å². The molecule has 1 aliphatic rings. The Labute approximate surface area is 108 Å². The first kappa shape index (κ1) is 15.6. The molecule has 0 saturated carbocycles. The number of rotatable bonds is 2. The number of hydrogen-bond donors (Lipinski definition) is 1. The fourth-order valence-corrected chi connectivity index (χ4v) is 1.77. The summed E-state index contributed by atoms with van der Waals surface area (Å²) in [5.74, 6) is 1.73. The molecule has 94 valence electrons. The molecule has 0 atom stereocenters. The lowest BCUT2D eigenvalue weighted by Crippen LogP contribution is -2.29. The van der Waals surface area contributed by atoms with Gasteiger partial charge in [-0.15, -0.1) is 35.0 Å². The summed E-state index contributed by atoms with van der Waals surface area (Å²) in [5.41, 5.74) is 5.41. The van der Waals surface area contributed by atoms with Crippen LogP contribution in [0.3, 0.4) is 0 Å². The minimum atomic E-state index is 0. The molecule has 0 bridgehead atoms. The predicted octanol–water partition coefficient (Wildman–Crippen LogP) is 1.18. The zero-order chi connectivity index (χ0) is 9.97. The van der Waals surface area contributed by atoms with Crippen molar-refractivity contribution in [2.75, 3.05) is 20.1 Å². The van der Waals surface area contributed by atoms with E-state index in [0.29, 0.717) is 18.4 Å². The van der Waals surface area contributed by atoms with Crippen LogP contribution in [0.5, 0.6) is 0 Å². The average molecular weight is 269 g/mol. The van der Waals surface area contributed by atoms with Gasteiger partial charge in [0.15, 0.2) is 0 Å². The molecule has 0 spiro atoms. The second kappa shape index (κ2) is 7.06. The van der Waals surface area contributed by atoms with E-state index in [1.807, 2.05) is 0 Å². The highest BCUT2D eigenvalue weighted by Crippen LogP contribution is 2.26. The normalized spacial score (nSPS) is 17.6. The van der Waals surface area contributed by atoms with Gasteiger partial charge in [-0.2, -0.15) is 0 Å². The van der Waals surface area contributed by atoms with Crippen LogP contribution in [-0.4, -0.2) is 35.2 Å². The number of piperidine rings is 1. The molecule has 0 radical (unpaired) electrons. The summed E-state index contributed by atoms with van der Waals surface area (Å²) in [6.45, 7) is 2.54. The second-order valence-electron chi connectivity index (χ2n) is 3.82. The topological polar surface area (TPSA) is 68.2 Å². The van der Waals surface area contributed by atoms with Crippen molar-refractivity contribution in [2.45, 2.75) is 25.3 Å². The van der Waals surface area contributed by atoms with Crippen LogP contribution in [0.15, 0.2) is 4.42 Å². The van der Waals surface area contributed by atoms with Crippen LogP contribution in [0.2, 0.25) is 0 Å². The number of aromatic nitrogens is 2. The molecular formula is C9H18Cl2N4O. The highest BCUT2D eigenvalue weighted by Gasteiger charge is 2.22. The first-order valence-electron chi connectivity index (χ1n) is 5.00. The van der Waals surface area contributed by atoms with Gasteiger partial charge in [0.25, 0.3) is 0 Å². The molecule has 7 heteroatoms. The highest BCUT2D eigenvalue weighted by molar-refractivity contribution is 5.85. The van der Waals surface area contributed by atoms with Gasteiger partial charge in [-0.25, -0.2) is 0 Å². The van der Waals surface area contributed by atoms with E-state index in [4.69, 9.17) is 10.2 Å². The maximum absolute atomic E-state index is 5.44. The quantitative estimate of drug-likeness (QED) is 0.873. The lowest BCUT2D eigenvalue weighted by Gasteiger charge is -2.26. The molecule has 2 N–H and O–H groups in total. The molecule has 2 heterocycles. The lowest BCUT2D eigenvalue weighted by atomic mass is 9.97. The summed E-state index contributed by atoms with van der Waals surface area (Å²) in [4.78, 5) is 2.32. The molecule has 0 aliphatic carbocycles. The van der Waals surface area contributed by atoms with Crippen LogP contribution < -0.4 is 5.73 Å². The number of halogens is 2. The van der Waals surface area contributed by atoms with Crippen molar-refractivity contribution >= 4 is 24.8 Å². The van der Waals surface area contributed by atoms with E-state index in [0.717, 1.165) is 31.8 Å². The largest absolute Gasteiger partial charge is 0.424 e. The van der Waals surface area contributed by atoms with Gasteiger partial charge >= 0.3 is 0 Å². The third kappa shape index (κ3) is 3.59. The van der Waals surface area contributed by atoms with E-state index >= 15 is 0 Å². The molecule has 1 aromatic rings. The van der Waals surface area contributed by atoms with E-state index in [2.05, 4.69) is 22.1 Å². The zero-order valence-corrected chi connectivity index (χ0v) is 10.9. The Morgan fingerprint density at radius 3 is 2.44 bits per heavy atom. The van der Waals surface area contributed by atoms with Crippen molar-refractivity contribution in [1.29, 1.82) is 0 Å². The fraction of sp³-hybridized carbons (Fsp3) is 0.778. The van der Waals surface area contributed by atoms with Crippen LogP contribution in [0.4, 0.5) is 0 Å². The zero-order valence-electron chi connectivity index (χ0n) is 9.26. The maximum Gasteiger partial charge on any atom is 0.230 e. The van der Waals surface area contributed by atoms with E-state index < -0.39 is 0 Å². The molecule has 0 amide bonds. The minimum absolute atomic E-state index is 0. The van der Waals surface area contributed by atoms with Crippen LogP contribution in [0.25, 0.3) is 0 Å². The van der Waals surface area contributed by atoms with Gasteiger partial charge in [0.2, 0.25) is 11.8 Å². The Kier molecular flexibility index (Phi) is 6.90. The summed E-state index contributed by atoms with van der Waals surface area (Å²) in [6.07, 6.45) is 2.20. The van der Waals surface area contributed by atoms with Crippen molar-refractivity contribution in [3.63, 3.8) is 0 Å².